The number of aromatic nitrogens is 3. The molecule has 25 heavy (non-hydrogen) atoms. The van der Waals surface area contributed by atoms with Gasteiger partial charge in [0.25, 0.3) is 5.91 Å². The number of aryl methyl sites for hydroxylation is 2. The van der Waals surface area contributed by atoms with Gasteiger partial charge in [-0.15, -0.1) is 0 Å². The maximum Gasteiger partial charge on any atom is 0.274 e. The molecule has 1 aromatic carbocycles. The van der Waals surface area contributed by atoms with Gasteiger partial charge in [-0.2, -0.15) is 0 Å². The van der Waals surface area contributed by atoms with Gasteiger partial charge >= 0.3 is 0 Å². The lowest BCUT2D eigenvalue weighted by Gasteiger charge is -2.08. The second-order valence-electron chi connectivity index (χ2n) is 5.22. The van der Waals surface area contributed by atoms with Crippen LogP contribution in [0.5, 0.6) is 0 Å². The highest BCUT2D eigenvalue weighted by atomic mass is 19.2. The van der Waals surface area contributed by atoms with Gasteiger partial charge in [-0.25, -0.2) is 18.7 Å². The molecule has 2 aromatic heterocycles. The van der Waals surface area contributed by atoms with Gasteiger partial charge < -0.3 is 15.2 Å². The van der Waals surface area contributed by atoms with Crippen molar-refractivity contribution in [3.8, 4) is 0 Å². The van der Waals surface area contributed by atoms with E-state index in [1.54, 1.807) is 19.9 Å². The Morgan fingerprint density at radius 1 is 1.04 bits per heavy atom. The fourth-order valence-electron chi connectivity index (χ4n) is 2.07. The van der Waals surface area contributed by atoms with E-state index in [1.807, 2.05) is 0 Å². The summed E-state index contributed by atoms with van der Waals surface area (Å²) in [4.78, 5) is 20.5. The molecule has 0 radical (unpaired) electrons. The van der Waals surface area contributed by atoms with E-state index in [9.17, 15) is 13.6 Å². The van der Waals surface area contributed by atoms with Crippen LogP contribution in [0.15, 0.2) is 34.9 Å². The molecular formula is C16H13F2N5O2. The highest BCUT2D eigenvalue weighted by Gasteiger charge is 2.13. The van der Waals surface area contributed by atoms with Crippen LogP contribution < -0.4 is 10.6 Å². The number of carbonyl (C=O) groups excluding carboxylic acids is 1. The first kappa shape index (κ1) is 16.5. The molecule has 0 aliphatic carbocycles. The summed E-state index contributed by atoms with van der Waals surface area (Å²) in [5.41, 5.74) is 0.168. The molecule has 0 unspecified atom stereocenters. The van der Waals surface area contributed by atoms with E-state index in [1.165, 1.54) is 12.1 Å². The largest absolute Gasteiger partial charge is 0.360 e. The van der Waals surface area contributed by atoms with Gasteiger partial charge in [0.05, 0.1) is 0 Å². The van der Waals surface area contributed by atoms with Crippen molar-refractivity contribution in [2.45, 2.75) is 13.8 Å². The lowest BCUT2D eigenvalue weighted by atomic mass is 10.2. The topological polar surface area (TPSA) is 92.9 Å². The lowest BCUT2D eigenvalue weighted by molar-refractivity contribution is 0.102. The Bertz CT molecular complexity index is 942. The van der Waals surface area contributed by atoms with Crippen molar-refractivity contribution in [1.82, 2.24) is 15.1 Å². The van der Waals surface area contributed by atoms with Crippen LogP contribution in [-0.2, 0) is 0 Å². The zero-order valence-corrected chi connectivity index (χ0v) is 13.3. The van der Waals surface area contributed by atoms with Crippen LogP contribution in [0, 0.1) is 25.5 Å². The quantitative estimate of drug-likeness (QED) is 0.753. The maximum atomic E-state index is 13.2. The van der Waals surface area contributed by atoms with Gasteiger partial charge in [0.1, 0.15) is 23.1 Å². The highest BCUT2D eigenvalue weighted by molar-refractivity contribution is 6.03. The molecule has 0 fully saturated rings. The number of halogens is 2. The molecule has 0 saturated heterocycles. The number of hydrogen-bond donors (Lipinski definition) is 2. The number of carbonyl (C=O) groups is 1. The van der Waals surface area contributed by atoms with E-state index in [0.717, 1.165) is 12.1 Å². The zero-order valence-electron chi connectivity index (χ0n) is 13.3. The van der Waals surface area contributed by atoms with Gasteiger partial charge in [-0.1, -0.05) is 5.16 Å². The Morgan fingerprint density at radius 2 is 1.84 bits per heavy atom. The molecule has 3 rings (SSSR count). The van der Waals surface area contributed by atoms with Crippen molar-refractivity contribution in [3.05, 3.63) is 59.2 Å². The number of anilines is 3. The van der Waals surface area contributed by atoms with Crippen LogP contribution in [0.4, 0.5) is 26.1 Å². The van der Waals surface area contributed by atoms with E-state index >= 15 is 0 Å². The summed E-state index contributed by atoms with van der Waals surface area (Å²) in [7, 11) is 0. The first-order valence-electron chi connectivity index (χ1n) is 7.23. The minimum Gasteiger partial charge on any atom is -0.360 e. The summed E-state index contributed by atoms with van der Waals surface area (Å²) in [6, 6.07) is 6.14. The van der Waals surface area contributed by atoms with Gasteiger partial charge in [-0.3, -0.25) is 4.79 Å². The molecule has 0 aliphatic heterocycles. The van der Waals surface area contributed by atoms with E-state index in [2.05, 4.69) is 25.8 Å². The molecule has 0 spiro atoms. The molecule has 128 valence electrons. The van der Waals surface area contributed by atoms with Gasteiger partial charge in [0.15, 0.2) is 17.5 Å². The second kappa shape index (κ2) is 6.63. The van der Waals surface area contributed by atoms with Gasteiger partial charge in [-0.05, 0) is 26.0 Å². The minimum absolute atomic E-state index is 0.0555. The van der Waals surface area contributed by atoms with Crippen molar-refractivity contribution in [2.75, 3.05) is 10.6 Å². The van der Waals surface area contributed by atoms with Crippen molar-refractivity contribution in [3.63, 3.8) is 0 Å². The number of benzene rings is 1. The number of hydrogen-bond acceptors (Lipinski definition) is 6. The molecule has 7 nitrogen and oxygen atoms in total. The molecule has 0 atom stereocenters. The molecular weight excluding hydrogens is 332 g/mol. The van der Waals surface area contributed by atoms with E-state index < -0.39 is 17.5 Å². The molecule has 2 N–H and O–H groups in total. The van der Waals surface area contributed by atoms with Crippen molar-refractivity contribution >= 4 is 23.2 Å². The number of rotatable bonds is 4. The fourth-order valence-corrected chi connectivity index (χ4v) is 2.07. The predicted molar refractivity (Wildman–Crippen MR) is 85.6 cm³/mol. The zero-order chi connectivity index (χ0) is 18.0. The van der Waals surface area contributed by atoms with Crippen LogP contribution in [-0.4, -0.2) is 21.0 Å². The fraction of sp³-hybridized carbons (Fsp3) is 0.125. The summed E-state index contributed by atoms with van der Waals surface area (Å²) in [5, 5.41) is 9.12. The SMILES string of the molecule is Cc1nc(Nc2cc(C)on2)cc(C(=O)Nc2ccc(F)c(F)c2)n1. The summed E-state index contributed by atoms with van der Waals surface area (Å²) in [5.74, 6) is -0.898. The van der Waals surface area contributed by atoms with Crippen molar-refractivity contribution < 1.29 is 18.1 Å². The molecule has 0 saturated carbocycles. The third-order valence-electron chi connectivity index (χ3n) is 3.13. The Labute approximate surface area is 141 Å². The van der Waals surface area contributed by atoms with Crippen LogP contribution in [0.25, 0.3) is 0 Å². The third-order valence-corrected chi connectivity index (χ3v) is 3.13. The Balaban J connectivity index is 1.81. The number of amides is 1. The van der Waals surface area contributed by atoms with E-state index in [0.29, 0.717) is 23.2 Å². The van der Waals surface area contributed by atoms with Gasteiger partial charge in [0, 0.05) is 23.9 Å². The summed E-state index contributed by atoms with van der Waals surface area (Å²) >= 11 is 0. The average molecular weight is 345 g/mol. The Kier molecular flexibility index (Phi) is 4.38. The first-order chi connectivity index (χ1) is 11.9. The van der Waals surface area contributed by atoms with Crippen LogP contribution in [0.2, 0.25) is 0 Å². The Morgan fingerprint density at radius 3 is 2.52 bits per heavy atom. The number of nitrogens with one attached hydrogen (secondary N) is 2. The highest BCUT2D eigenvalue weighted by Crippen LogP contribution is 2.17. The summed E-state index contributed by atoms with van der Waals surface area (Å²) in [6.45, 7) is 3.36. The van der Waals surface area contributed by atoms with Crippen LogP contribution in [0.1, 0.15) is 22.1 Å². The van der Waals surface area contributed by atoms with Crippen molar-refractivity contribution in [1.29, 1.82) is 0 Å². The van der Waals surface area contributed by atoms with Crippen LogP contribution in [0.3, 0.4) is 0 Å². The molecule has 9 heteroatoms. The van der Waals surface area contributed by atoms with Crippen LogP contribution >= 0.6 is 0 Å². The van der Waals surface area contributed by atoms with Gasteiger partial charge in [0.2, 0.25) is 0 Å². The monoisotopic (exact) mass is 345 g/mol. The predicted octanol–water partition coefficient (Wildman–Crippen LogP) is 3.36. The first-order valence-corrected chi connectivity index (χ1v) is 7.23. The van der Waals surface area contributed by atoms with E-state index in [4.69, 9.17) is 4.52 Å². The summed E-state index contributed by atoms with van der Waals surface area (Å²) < 4.78 is 31.1. The molecule has 0 bridgehead atoms. The normalized spacial score (nSPS) is 10.6. The standard InChI is InChI=1S/C16H13F2N5O2/c1-8-5-15(23-25-8)22-14-7-13(19-9(2)20-14)16(24)21-10-3-4-11(17)12(18)6-10/h3-7H,1-2H3,(H,21,24)(H,19,20,22,23). The second-order valence-corrected chi connectivity index (χ2v) is 5.22. The molecule has 0 aliphatic rings. The molecule has 2 heterocycles. The summed E-state index contributed by atoms with van der Waals surface area (Å²) in [6.07, 6.45) is 0. The van der Waals surface area contributed by atoms with Crippen molar-refractivity contribution in [2.24, 2.45) is 0 Å². The lowest BCUT2D eigenvalue weighted by Crippen LogP contribution is -2.15. The number of nitrogens with zero attached hydrogens (tertiary/aromatic N) is 3. The molecule has 1 amide bonds. The molecule has 3 aromatic rings. The average Bonchev–Trinajstić information content (AvgIpc) is 2.95. The third kappa shape index (κ3) is 3.94. The smallest absolute Gasteiger partial charge is 0.274 e. The minimum atomic E-state index is -1.06. The van der Waals surface area contributed by atoms with E-state index in [-0.39, 0.29) is 11.4 Å². The Hall–Kier alpha value is -3.36. The maximum absolute atomic E-state index is 13.2.